The Balaban J connectivity index is 3.58. The van der Waals surface area contributed by atoms with Crippen molar-refractivity contribution in [1.82, 2.24) is 0 Å². The Hall–Kier alpha value is -0.795. The summed E-state index contributed by atoms with van der Waals surface area (Å²) in [5.74, 6) is 1.44. The molecule has 0 N–H and O–H groups in total. The highest BCUT2D eigenvalue weighted by Gasteiger charge is 2.28. The molecule has 0 fully saturated rings. The second-order valence-corrected chi connectivity index (χ2v) is 6.38. The molecule has 20 heavy (non-hydrogen) atoms. The summed E-state index contributed by atoms with van der Waals surface area (Å²) in [7, 11) is 3.13. The fourth-order valence-corrected chi connectivity index (χ4v) is 2.62. The molecule has 0 spiro atoms. The first-order valence-electron chi connectivity index (χ1n) is 7.56. The van der Waals surface area contributed by atoms with Crippen LogP contribution in [0.5, 0.6) is 0 Å². The minimum Gasteiger partial charge on any atom is -0.410 e. The summed E-state index contributed by atoms with van der Waals surface area (Å²) < 4.78 is 11.1. The predicted molar refractivity (Wildman–Crippen MR) is 88.1 cm³/mol. The Morgan fingerprint density at radius 2 is 1.15 bits per heavy atom. The van der Waals surface area contributed by atoms with Gasteiger partial charge in [0.25, 0.3) is 0 Å². The van der Waals surface area contributed by atoms with Crippen molar-refractivity contribution in [3.05, 3.63) is 28.8 Å². The van der Waals surface area contributed by atoms with E-state index < -0.39 is 0 Å². The molecule has 112 valence electrons. The molecule has 1 aromatic carbocycles. The van der Waals surface area contributed by atoms with E-state index in [1.54, 1.807) is 14.2 Å². The van der Waals surface area contributed by atoms with Gasteiger partial charge in [0.1, 0.15) is 0 Å². The van der Waals surface area contributed by atoms with Crippen molar-refractivity contribution in [1.29, 1.82) is 0 Å². The highest BCUT2D eigenvalue weighted by molar-refractivity contribution is 6.62. The van der Waals surface area contributed by atoms with Crippen LogP contribution in [0.2, 0.25) is 0 Å². The maximum absolute atomic E-state index is 5.55. The van der Waals surface area contributed by atoms with E-state index in [2.05, 4.69) is 53.7 Å². The molecule has 1 rings (SSSR count). The minimum atomic E-state index is -0.286. The molecule has 1 aromatic rings. The van der Waals surface area contributed by atoms with Crippen LogP contribution in [0, 0.1) is 0 Å². The maximum atomic E-state index is 5.55. The third-order valence-corrected chi connectivity index (χ3v) is 3.84. The average molecular weight is 276 g/mol. The van der Waals surface area contributed by atoms with E-state index in [4.69, 9.17) is 9.31 Å². The fourth-order valence-electron chi connectivity index (χ4n) is 2.62. The number of benzene rings is 1. The lowest BCUT2D eigenvalue weighted by Crippen LogP contribution is -2.41. The van der Waals surface area contributed by atoms with Crippen LogP contribution in [0.3, 0.4) is 0 Å². The summed E-state index contributed by atoms with van der Waals surface area (Å²) in [5, 5.41) is 0. The Bertz CT molecular complexity index is 406. The van der Waals surface area contributed by atoms with Gasteiger partial charge >= 0.3 is 7.12 Å². The summed E-state index contributed by atoms with van der Waals surface area (Å²) in [6, 6.07) is 4.64. The first kappa shape index (κ1) is 17.3. The van der Waals surface area contributed by atoms with Crippen LogP contribution < -0.4 is 5.46 Å². The van der Waals surface area contributed by atoms with Crippen LogP contribution in [-0.4, -0.2) is 21.3 Å². The molecule has 0 unspecified atom stereocenters. The Morgan fingerprint density at radius 3 is 1.40 bits per heavy atom. The van der Waals surface area contributed by atoms with Crippen molar-refractivity contribution < 1.29 is 9.31 Å². The first-order chi connectivity index (χ1) is 9.33. The molecule has 0 amide bonds. The van der Waals surface area contributed by atoms with Gasteiger partial charge in [-0.15, -0.1) is 0 Å². The normalized spacial score (nSPS) is 11.8. The molecule has 0 saturated carbocycles. The van der Waals surface area contributed by atoms with E-state index in [0.717, 1.165) is 0 Å². The Morgan fingerprint density at radius 1 is 0.750 bits per heavy atom. The van der Waals surface area contributed by atoms with E-state index in [-0.39, 0.29) is 7.12 Å². The van der Waals surface area contributed by atoms with Crippen LogP contribution in [0.4, 0.5) is 0 Å². The molecule has 3 heteroatoms. The molecule has 0 radical (unpaired) electrons. The average Bonchev–Trinajstić information content (AvgIpc) is 2.39. The predicted octanol–water partition coefficient (Wildman–Crippen LogP) is 4.04. The SMILES string of the molecule is COB(OC)c1c(C(C)C)cc(C(C)C)cc1C(C)C. The topological polar surface area (TPSA) is 18.5 Å². The molecule has 0 saturated heterocycles. The van der Waals surface area contributed by atoms with E-state index >= 15 is 0 Å². The minimum absolute atomic E-state index is 0.286. The van der Waals surface area contributed by atoms with Crippen LogP contribution >= 0.6 is 0 Å². The summed E-state index contributed by atoms with van der Waals surface area (Å²) >= 11 is 0. The molecule has 0 aliphatic rings. The zero-order valence-corrected chi connectivity index (χ0v) is 14.3. The van der Waals surface area contributed by atoms with E-state index in [1.807, 2.05) is 0 Å². The van der Waals surface area contributed by atoms with Crippen LogP contribution in [-0.2, 0) is 9.31 Å². The van der Waals surface area contributed by atoms with E-state index in [9.17, 15) is 0 Å². The second-order valence-electron chi connectivity index (χ2n) is 6.38. The molecule has 0 heterocycles. The van der Waals surface area contributed by atoms with E-state index in [1.165, 1.54) is 22.2 Å². The number of hydrogen-bond donors (Lipinski definition) is 0. The Labute approximate surface area is 125 Å². The number of rotatable bonds is 6. The molecule has 2 nitrogen and oxygen atoms in total. The molecule has 0 aliphatic carbocycles. The van der Waals surface area contributed by atoms with Gasteiger partial charge in [0.15, 0.2) is 0 Å². The molecule has 0 aromatic heterocycles. The van der Waals surface area contributed by atoms with Gasteiger partial charge in [0, 0.05) is 14.2 Å². The molecule has 0 bridgehead atoms. The highest BCUT2D eigenvalue weighted by Crippen LogP contribution is 2.26. The van der Waals surface area contributed by atoms with Crippen LogP contribution in [0.15, 0.2) is 12.1 Å². The standard InChI is InChI=1S/C17H29BO2/c1-11(2)14-9-15(12(3)4)17(18(19-7)20-8)16(10-14)13(5)6/h9-13H,1-8H3. The van der Waals surface area contributed by atoms with Gasteiger partial charge in [0.05, 0.1) is 0 Å². The third-order valence-electron chi connectivity index (χ3n) is 3.84. The monoisotopic (exact) mass is 276 g/mol. The lowest BCUT2D eigenvalue weighted by atomic mass is 9.68. The van der Waals surface area contributed by atoms with Gasteiger partial charge in [-0.3, -0.25) is 0 Å². The fraction of sp³-hybridized carbons (Fsp3) is 0.647. The zero-order chi connectivity index (χ0) is 15.4. The zero-order valence-electron chi connectivity index (χ0n) is 14.3. The van der Waals surface area contributed by atoms with Gasteiger partial charge < -0.3 is 9.31 Å². The van der Waals surface area contributed by atoms with Crippen LogP contribution in [0.25, 0.3) is 0 Å². The molecule has 0 atom stereocenters. The lowest BCUT2D eigenvalue weighted by Gasteiger charge is -2.24. The maximum Gasteiger partial charge on any atom is 0.494 e. The second kappa shape index (κ2) is 7.28. The van der Waals surface area contributed by atoms with Gasteiger partial charge in [-0.2, -0.15) is 0 Å². The van der Waals surface area contributed by atoms with Crippen molar-refractivity contribution in [3.8, 4) is 0 Å². The largest absolute Gasteiger partial charge is 0.494 e. The van der Waals surface area contributed by atoms with Crippen molar-refractivity contribution >= 4 is 12.6 Å². The molecule has 0 aliphatic heterocycles. The van der Waals surface area contributed by atoms with Gasteiger partial charge in [-0.1, -0.05) is 53.7 Å². The van der Waals surface area contributed by atoms with Crippen LogP contribution in [0.1, 0.15) is 76.0 Å². The van der Waals surface area contributed by atoms with Crippen molar-refractivity contribution in [2.75, 3.05) is 14.2 Å². The number of hydrogen-bond acceptors (Lipinski definition) is 2. The van der Waals surface area contributed by atoms with Crippen molar-refractivity contribution in [2.45, 2.75) is 59.3 Å². The van der Waals surface area contributed by atoms with E-state index in [0.29, 0.717) is 17.8 Å². The quantitative estimate of drug-likeness (QED) is 0.730. The summed E-state index contributed by atoms with van der Waals surface area (Å²) in [4.78, 5) is 0. The summed E-state index contributed by atoms with van der Waals surface area (Å²) in [6.07, 6.45) is 0. The van der Waals surface area contributed by atoms with Gasteiger partial charge in [-0.05, 0) is 39.9 Å². The Kier molecular flexibility index (Phi) is 6.28. The summed E-state index contributed by atoms with van der Waals surface area (Å²) in [5.41, 5.74) is 5.29. The lowest BCUT2D eigenvalue weighted by molar-refractivity contribution is 0.291. The van der Waals surface area contributed by atoms with Crippen molar-refractivity contribution in [2.24, 2.45) is 0 Å². The molecular formula is C17H29BO2. The molecular weight excluding hydrogens is 247 g/mol. The highest BCUT2D eigenvalue weighted by atomic mass is 16.6. The van der Waals surface area contributed by atoms with Gasteiger partial charge in [-0.25, -0.2) is 0 Å². The third kappa shape index (κ3) is 3.65. The summed E-state index contributed by atoms with van der Waals surface area (Å²) in [6.45, 7) is 13.4. The smallest absolute Gasteiger partial charge is 0.410 e. The van der Waals surface area contributed by atoms with Crippen molar-refractivity contribution in [3.63, 3.8) is 0 Å². The van der Waals surface area contributed by atoms with Gasteiger partial charge in [0.2, 0.25) is 0 Å². The first-order valence-corrected chi connectivity index (χ1v) is 7.56.